The van der Waals surface area contributed by atoms with E-state index in [-0.39, 0.29) is 12.2 Å². The summed E-state index contributed by atoms with van der Waals surface area (Å²) in [5.74, 6) is 2.21. The molecule has 0 bridgehead atoms. The maximum Gasteiger partial charge on any atom is 0.193 e. The Morgan fingerprint density at radius 2 is 1.81 bits per heavy atom. The van der Waals surface area contributed by atoms with Crippen LogP contribution in [-0.4, -0.2) is 59.1 Å². The summed E-state index contributed by atoms with van der Waals surface area (Å²) >= 11 is 0. The third-order valence-corrected chi connectivity index (χ3v) is 4.85. The maximum absolute atomic E-state index is 5.83. The van der Waals surface area contributed by atoms with Gasteiger partial charge in [0, 0.05) is 11.5 Å². The molecule has 0 saturated carbocycles. The molecule has 0 aliphatic carbocycles. The van der Waals surface area contributed by atoms with Crippen molar-refractivity contribution in [1.82, 2.24) is 19.6 Å². The van der Waals surface area contributed by atoms with Gasteiger partial charge in [0.05, 0.1) is 19.7 Å². The molecule has 2 aromatic heterocycles. The Morgan fingerprint density at radius 1 is 1.12 bits per heavy atom. The van der Waals surface area contributed by atoms with Gasteiger partial charge in [-0.25, -0.2) is 4.98 Å². The predicted molar refractivity (Wildman–Crippen MR) is 95.8 cm³/mol. The van der Waals surface area contributed by atoms with Crippen LogP contribution < -0.4 is 14.4 Å². The van der Waals surface area contributed by atoms with E-state index >= 15 is 0 Å². The summed E-state index contributed by atoms with van der Waals surface area (Å²) in [6, 6.07) is 3.76. The Labute approximate surface area is 151 Å². The van der Waals surface area contributed by atoms with E-state index in [9.17, 15) is 0 Å². The summed E-state index contributed by atoms with van der Waals surface area (Å²) in [5, 5.41) is 9.73. The monoisotopic (exact) mass is 358 g/mol. The van der Waals surface area contributed by atoms with E-state index in [4.69, 9.17) is 14.2 Å². The fourth-order valence-electron chi connectivity index (χ4n) is 3.78. The Bertz CT molecular complexity index is 931. The van der Waals surface area contributed by atoms with Crippen molar-refractivity contribution in [3.05, 3.63) is 24.3 Å². The van der Waals surface area contributed by atoms with Crippen molar-refractivity contribution >= 4 is 16.6 Å². The molecule has 0 amide bonds. The molecule has 4 rings (SSSR count). The van der Waals surface area contributed by atoms with Gasteiger partial charge >= 0.3 is 0 Å². The molecular formula is C18H24N5O3+. The molecule has 1 aliphatic rings. The Kier molecular flexibility index (Phi) is 4.37. The first kappa shape index (κ1) is 17.0. The minimum atomic E-state index is 0.253. The van der Waals surface area contributed by atoms with E-state index in [1.54, 1.807) is 20.5 Å². The molecule has 3 heterocycles. The van der Waals surface area contributed by atoms with Crippen molar-refractivity contribution in [3.63, 3.8) is 0 Å². The normalized spacial score (nSPS) is 23.5. The molecule has 1 fully saturated rings. The number of fused-ring (bicyclic) bond motifs is 3. The molecule has 1 saturated heterocycles. The third-order valence-electron chi connectivity index (χ3n) is 4.85. The topological polar surface area (TPSA) is 75.2 Å². The average Bonchev–Trinajstić information content (AvgIpc) is 3.02. The number of benzene rings is 1. The summed E-state index contributed by atoms with van der Waals surface area (Å²) in [4.78, 5) is 6.01. The number of quaternary nitrogens is 1. The first-order valence-corrected chi connectivity index (χ1v) is 8.82. The van der Waals surface area contributed by atoms with Gasteiger partial charge in [0.2, 0.25) is 0 Å². The Hall–Kier alpha value is -2.45. The number of nitrogens with one attached hydrogen (secondary N) is 1. The molecule has 8 heteroatoms. The summed E-state index contributed by atoms with van der Waals surface area (Å²) in [5.41, 5.74) is 1.58. The summed E-state index contributed by atoms with van der Waals surface area (Å²) in [6.45, 7) is 6.95. The van der Waals surface area contributed by atoms with Crippen LogP contribution in [0.4, 0.5) is 0 Å². The highest BCUT2D eigenvalue weighted by molar-refractivity contribution is 5.93. The number of hydrogen-bond acceptors (Lipinski definition) is 6. The maximum atomic E-state index is 5.83. The van der Waals surface area contributed by atoms with Gasteiger partial charge in [0.1, 0.15) is 38.2 Å². The van der Waals surface area contributed by atoms with Crippen molar-refractivity contribution in [1.29, 1.82) is 0 Å². The van der Waals surface area contributed by atoms with Gasteiger partial charge in [-0.1, -0.05) is 0 Å². The fraction of sp³-hybridized carbons (Fsp3) is 0.500. The lowest BCUT2D eigenvalue weighted by Gasteiger charge is -2.31. The zero-order chi connectivity index (χ0) is 18.3. The van der Waals surface area contributed by atoms with Gasteiger partial charge in [-0.2, -0.15) is 0 Å². The van der Waals surface area contributed by atoms with Crippen LogP contribution in [0.3, 0.4) is 0 Å². The second-order valence-electron chi connectivity index (χ2n) is 6.87. The van der Waals surface area contributed by atoms with Crippen LogP contribution >= 0.6 is 0 Å². The van der Waals surface area contributed by atoms with Crippen LogP contribution in [0.15, 0.2) is 18.5 Å². The van der Waals surface area contributed by atoms with E-state index in [1.807, 2.05) is 16.5 Å². The van der Waals surface area contributed by atoms with Crippen molar-refractivity contribution in [2.45, 2.75) is 32.6 Å². The predicted octanol–water partition coefficient (Wildman–Crippen LogP) is 0.487. The number of ether oxygens (including phenoxy) is 3. The molecule has 0 radical (unpaired) electrons. The zero-order valence-electron chi connectivity index (χ0n) is 15.5. The van der Waals surface area contributed by atoms with Gasteiger partial charge in [0.15, 0.2) is 23.0 Å². The van der Waals surface area contributed by atoms with Crippen LogP contribution in [0.1, 0.15) is 19.7 Å². The highest BCUT2D eigenvalue weighted by Crippen LogP contribution is 2.32. The minimum absolute atomic E-state index is 0.253. The molecule has 1 aromatic carbocycles. The van der Waals surface area contributed by atoms with E-state index in [0.717, 1.165) is 42.0 Å². The molecule has 1 N–H and O–H groups in total. The van der Waals surface area contributed by atoms with Gasteiger partial charge < -0.3 is 19.1 Å². The second kappa shape index (κ2) is 6.69. The fourth-order valence-corrected chi connectivity index (χ4v) is 3.78. The van der Waals surface area contributed by atoms with Gasteiger partial charge in [0.25, 0.3) is 0 Å². The van der Waals surface area contributed by atoms with E-state index in [2.05, 4.69) is 29.0 Å². The van der Waals surface area contributed by atoms with Crippen LogP contribution in [0, 0.1) is 0 Å². The lowest BCUT2D eigenvalue weighted by atomic mass is 10.2. The van der Waals surface area contributed by atoms with Gasteiger partial charge in [-0.15, -0.1) is 10.2 Å². The van der Waals surface area contributed by atoms with Gasteiger partial charge in [-0.05, 0) is 19.9 Å². The number of aromatic nitrogens is 4. The molecule has 3 aromatic rings. The number of nitrogens with zero attached hydrogens (tertiary/aromatic N) is 4. The molecule has 26 heavy (non-hydrogen) atoms. The molecule has 3 atom stereocenters. The number of morpholine rings is 1. The molecule has 1 aliphatic heterocycles. The highest BCUT2D eigenvalue weighted by Gasteiger charge is 2.27. The van der Waals surface area contributed by atoms with E-state index in [0.29, 0.717) is 11.5 Å². The molecular weight excluding hydrogens is 334 g/mol. The van der Waals surface area contributed by atoms with Gasteiger partial charge in [-0.3, -0.25) is 4.40 Å². The SMILES string of the molecule is COc1cc2ncn3c(C[NH+]4C[C@@H](C)O[C@@H](C)C4)nnc3c2cc1OC. The van der Waals surface area contributed by atoms with Crippen molar-refractivity contribution in [2.24, 2.45) is 0 Å². The largest absolute Gasteiger partial charge is 0.493 e. The third kappa shape index (κ3) is 2.95. The minimum Gasteiger partial charge on any atom is -0.493 e. The van der Waals surface area contributed by atoms with Crippen molar-refractivity contribution in [3.8, 4) is 11.5 Å². The van der Waals surface area contributed by atoms with Crippen LogP contribution in [0.25, 0.3) is 16.6 Å². The Balaban J connectivity index is 1.73. The van der Waals surface area contributed by atoms with Crippen LogP contribution in [-0.2, 0) is 11.3 Å². The number of methoxy groups -OCH3 is 2. The van der Waals surface area contributed by atoms with Crippen molar-refractivity contribution in [2.75, 3.05) is 27.3 Å². The van der Waals surface area contributed by atoms with E-state index in [1.165, 1.54) is 4.90 Å². The van der Waals surface area contributed by atoms with Crippen LogP contribution in [0.5, 0.6) is 11.5 Å². The molecule has 8 nitrogen and oxygen atoms in total. The molecule has 138 valence electrons. The smallest absolute Gasteiger partial charge is 0.193 e. The van der Waals surface area contributed by atoms with Crippen molar-refractivity contribution < 1.29 is 19.1 Å². The molecule has 1 unspecified atom stereocenters. The zero-order valence-corrected chi connectivity index (χ0v) is 15.5. The standard InChI is InChI=1S/C18H23N5O3/c1-11-7-22(8-12(2)26-11)9-17-20-21-18-13-5-15(24-3)16(25-4)6-14(13)19-10-23(17)18/h5-6,10-12H,7-9H2,1-4H3/p+1/t11-,12+. The van der Waals surface area contributed by atoms with E-state index < -0.39 is 0 Å². The molecule has 0 spiro atoms. The lowest BCUT2D eigenvalue weighted by molar-refractivity contribution is -0.929. The van der Waals surface area contributed by atoms with Crippen LogP contribution in [0.2, 0.25) is 0 Å². The lowest BCUT2D eigenvalue weighted by Crippen LogP contribution is -3.14. The summed E-state index contributed by atoms with van der Waals surface area (Å²) < 4.78 is 18.6. The Morgan fingerprint density at radius 3 is 2.50 bits per heavy atom. The second-order valence-corrected chi connectivity index (χ2v) is 6.87. The summed E-state index contributed by atoms with van der Waals surface area (Å²) in [7, 11) is 3.24. The average molecular weight is 358 g/mol. The highest BCUT2D eigenvalue weighted by atomic mass is 16.5. The summed E-state index contributed by atoms with van der Waals surface area (Å²) in [6.07, 6.45) is 2.29. The quantitative estimate of drug-likeness (QED) is 0.732. The number of rotatable bonds is 4. The first-order valence-electron chi connectivity index (χ1n) is 8.82. The number of hydrogen-bond donors (Lipinski definition) is 1. The first-order chi connectivity index (χ1) is 12.6.